The Balaban J connectivity index is 1.77. The third kappa shape index (κ3) is 3.40. The molecule has 1 atom stereocenters. The van der Waals surface area contributed by atoms with E-state index in [1.807, 2.05) is 49.4 Å². The number of aryl methyl sites for hydroxylation is 2. The van der Waals surface area contributed by atoms with Crippen molar-refractivity contribution in [2.75, 3.05) is 7.11 Å². The van der Waals surface area contributed by atoms with E-state index in [4.69, 9.17) is 14.0 Å². The Morgan fingerprint density at radius 1 is 1.00 bits per heavy atom. The van der Waals surface area contributed by atoms with Crippen LogP contribution in [0.25, 0.3) is 11.4 Å². The van der Waals surface area contributed by atoms with Gasteiger partial charge in [-0.25, -0.2) is 0 Å². The van der Waals surface area contributed by atoms with Gasteiger partial charge in [0.25, 0.3) is 5.89 Å². The molecule has 5 heteroatoms. The molecule has 0 N–H and O–H groups in total. The van der Waals surface area contributed by atoms with Crippen LogP contribution in [-0.4, -0.2) is 17.3 Å². The van der Waals surface area contributed by atoms with E-state index in [1.54, 1.807) is 7.11 Å². The number of rotatable bonds is 5. The molecule has 3 rings (SSSR count). The maximum atomic E-state index is 5.91. The van der Waals surface area contributed by atoms with Crippen LogP contribution in [0.3, 0.4) is 0 Å². The van der Waals surface area contributed by atoms with Crippen LogP contribution >= 0.6 is 0 Å². The van der Waals surface area contributed by atoms with Crippen LogP contribution in [0, 0.1) is 13.8 Å². The van der Waals surface area contributed by atoms with Crippen LogP contribution in [-0.2, 0) is 0 Å². The fourth-order valence-corrected chi connectivity index (χ4v) is 2.32. The number of benzene rings is 2. The average molecular weight is 324 g/mol. The predicted molar refractivity (Wildman–Crippen MR) is 91.2 cm³/mol. The minimum absolute atomic E-state index is 0.334. The second kappa shape index (κ2) is 6.74. The molecule has 0 fully saturated rings. The number of nitrogens with zero attached hydrogens (tertiary/aromatic N) is 2. The smallest absolute Gasteiger partial charge is 0.267 e. The molecular weight excluding hydrogens is 304 g/mol. The van der Waals surface area contributed by atoms with Gasteiger partial charge in [-0.1, -0.05) is 23.4 Å². The molecule has 5 nitrogen and oxygen atoms in total. The van der Waals surface area contributed by atoms with Crippen molar-refractivity contribution in [2.45, 2.75) is 26.9 Å². The molecule has 24 heavy (non-hydrogen) atoms. The minimum atomic E-state index is -0.334. The predicted octanol–water partition coefficient (Wildman–Crippen LogP) is 4.50. The molecule has 1 unspecified atom stereocenters. The molecule has 0 aliphatic carbocycles. The fourth-order valence-electron chi connectivity index (χ4n) is 2.32. The fraction of sp³-hybridized carbons (Fsp3) is 0.263. The van der Waals surface area contributed by atoms with Crippen molar-refractivity contribution in [1.82, 2.24) is 10.1 Å². The molecule has 1 heterocycles. The molecule has 2 aromatic carbocycles. The summed E-state index contributed by atoms with van der Waals surface area (Å²) in [5, 5.41) is 4.03. The number of ether oxygens (including phenoxy) is 2. The summed E-state index contributed by atoms with van der Waals surface area (Å²) in [6.45, 7) is 6.01. The first-order valence-electron chi connectivity index (χ1n) is 7.79. The topological polar surface area (TPSA) is 57.4 Å². The lowest BCUT2D eigenvalue weighted by Gasteiger charge is -2.12. The minimum Gasteiger partial charge on any atom is -0.497 e. The quantitative estimate of drug-likeness (QED) is 0.691. The molecular formula is C19H20N2O3. The summed E-state index contributed by atoms with van der Waals surface area (Å²) in [6, 6.07) is 13.5. The van der Waals surface area contributed by atoms with E-state index in [2.05, 4.69) is 24.0 Å². The van der Waals surface area contributed by atoms with Gasteiger partial charge in [-0.2, -0.15) is 4.98 Å². The summed E-state index contributed by atoms with van der Waals surface area (Å²) in [6.07, 6.45) is -0.334. The third-order valence-electron chi connectivity index (χ3n) is 3.91. The van der Waals surface area contributed by atoms with Gasteiger partial charge in [-0.05, 0) is 56.2 Å². The maximum absolute atomic E-state index is 5.91. The van der Waals surface area contributed by atoms with Gasteiger partial charge in [0.2, 0.25) is 5.82 Å². The first kappa shape index (κ1) is 16.1. The summed E-state index contributed by atoms with van der Waals surface area (Å²) in [5.74, 6) is 2.48. The van der Waals surface area contributed by atoms with Crippen molar-refractivity contribution < 1.29 is 14.0 Å². The Kier molecular flexibility index (Phi) is 4.51. The highest BCUT2D eigenvalue weighted by Gasteiger charge is 2.17. The number of hydrogen-bond donors (Lipinski definition) is 0. The zero-order valence-corrected chi connectivity index (χ0v) is 14.2. The Bertz CT molecular complexity index is 842. The molecule has 0 aliphatic heterocycles. The van der Waals surface area contributed by atoms with Crippen molar-refractivity contribution in [1.29, 1.82) is 0 Å². The van der Waals surface area contributed by atoms with Gasteiger partial charge in [0, 0.05) is 5.56 Å². The maximum Gasteiger partial charge on any atom is 0.267 e. The van der Waals surface area contributed by atoms with Crippen LogP contribution in [0.4, 0.5) is 0 Å². The third-order valence-corrected chi connectivity index (χ3v) is 3.91. The molecule has 1 aromatic heterocycles. The largest absolute Gasteiger partial charge is 0.497 e. The highest BCUT2D eigenvalue weighted by atomic mass is 16.5. The molecule has 0 saturated carbocycles. The standard InChI is InChI=1S/C19H20N2O3/c1-12-8-9-17(10-13(12)2)23-14(3)19-20-18(21-24-19)15-6-5-7-16(11-15)22-4/h5-11,14H,1-4H3. The van der Waals surface area contributed by atoms with Crippen LogP contribution < -0.4 is 9.47 Å². The Morgan fingerprint density at radius 2 is 1.83 bits per heavy atom. The molecule has 0 aliphatic rings. The number of hydrogen-bond acceptors (Lipinski definition) is 5. The SMILES string of the molecule is COc1cccc(-c2noc(C(C)Oc3ccc(C)c(C)c3)n2)c1. The zero-order valence-electron chi connectivity index (χ0n) is 14.2. The van der Waals surface area contributed by atoms with Gasteiger partial charge in [0.05, 0.1) is 7.11 Å². The monoisotopic (exact) mass is 324 g/mol. The molecule has 0 spiro atoms. The van der Waals surface area contributed by atoms with E-state index in [0.29, 0.717) is 11.7 Å². The zero-order chi connectivity index (χ0) is 17.1. The van der Waals surface area contributed by atoms with Gasteiger partial charge in [-0.3, -0.25) is 0 Å². The molecule has 0 radical (unpaired) electrons. The van der Waals surface area contributed by atoms with E-state index < -0.39 is 0 Å². The van der Waals surface area contributed by atoms with Gasteiger partial charge >= 0.3 is 0 Å². The number of aromatic nitrogens is 2. The average Bonchev–Trinajstić information content (AvgIpc) is 3.08. The lowest BCUT2D eigenvalue weighted by Crippen LogP contribution is -2.03. The molecule has 3 aromatic rings. The molecule has 124 valence electrons. The summed E-state index contributed by atoms with van der Waals surface area (Å²) >= 11 is 0. The Morgan fingerprint density at radius 3 is 2.58 bits per heavy atom. The van der Waals surface area contributed by atoms with E-state index in [-0.39, 0.29) is 6.10 Å². The second-order valence-corrected chi connectivity index (χ2v) is 5.69. The van der Waals surface area contributed by atoms with Gasteiger partial charge in [-0.15, -0.1) is 0 Å². The second-order valence-electron chi connectivity index (χ2n) is 5.69. The molecule has 0 saturated heterocycles. The highest BCUT2D eigenvalue weighted by Crippen LogP contribution is 2.26. The van der Waals surface area contributed by atoms with Crippen molar-refractivity contribution in [3.05, 3.63) is 59.5 Å². The Labute approximate surface area is 141 Å². The lowest BCUT2D eigenvalue weighted by molar-refractivity contribution is 0.175. The van der Waals surface area contributed by atoms with Crippen LogP contribution in [0.1, 0.15) is 30.0 Å². The van der Waals surface area contributed by atoms with E-state index in [9.17, 15) is 0 Å². The highest BCUT2D eigenvalue weighted by molar-refractivity contribution is 5.56. The van der Waals surface area contributed by atoms with E-state index >= 15 is 0 Å². The first-order chi connectivity index (χ1) is 11.6. The summed E-state index contributed by atoms with van der Waals surface area (Å²) in [5.41, 5.74) is 3.25. The summed E-state index contributed by atoms with van der Waals surface area (Å²) < 4.78 is 16.5. The van der Waals surface area contributed by atoms with Gasteiger partial charge in [0.1, 0.15) is 11.5 Å². The van der Waals surface area contributed by atoms with Crippen molar-refractivity contribution in [3.63, 3.8) is 0 Å². The summed E-state index contributed by atoms with van der Waals surface area (Å²) in [7, 11) is 1.63. The summed E-state index contributed by atoms with van der Waals surface area (Å²) in [4.78, 5) is 4.43. The van der Waals surface area contributed by atoms with E-state index in [1.165, 1.54) is 11.1 Å². The van der Waals surface area contributed by atoms with Gasteiger partial charge in [0.15, 0.2) is 6.10 Å². The van der Waals surface area contributed by atoms with E-state index in [0.717, 1.165) is 17.1 Å². The van der Waals surface area contributed by atoms with Gasteiger partial charge < -0.3 is 14.0 Å². The molecule has 0 amide bonds. The molecule has 0 bridgehead atoms. The normalized spacial score (nSPS) is 12.0. The van der Waals surface area contributed by atoms with Crippen LogP contribution in [0.15, 0.2) is 47.0 Å². The van der Waals surface area contributed by atoms with Crippen LogP contribution in [0.5, 0.6) is 11.5 Å². The first-order valence-corrected chi connectivity index (χ1v) is 7.79. The van der Waals surface area contributed by atoms with Crippen molar-refractivity contribution in [3.8, 4) is 22.9 Å². The van der Waals surface area contributed by atoms with Crippen molar-refractivity contribution in [2.24, 2.45) is 0 Å². The van der Waals surface area contributed by atoms with Crippen molar-refractivity contribution >= 4 is 0 Å². The number of methoxy groups -OCH3 is 1. The Hall–Kier alpha value is -2.82. The van der Waals surface area contributed by atoms with Crippen LogP contribution in [0.2, 0.25) is 0 Å². The lowest BCUT2D eigenvalue weighted by atomic mass is 10.1.